The number of rotatable bonds is 6. The molecule has 0 saturated heterocycles. The van der Waals surface area contributed by atoms with Gasteiger partial charge in [-0.25, -0.2) is 0 Å². The molecular formula is C28H28N2O2. The Labute approximate surface area is 189 Å². The van der Waals surface area contributed by atoms with E-state index in [4.69, 9.17) is 9.47 Å². The van der Waals surface area contributed by atoms with Crippen LogP contribution in [0.25, 0.3) is 10.8 Å². The minimum atomic E-state index is 0.0218. The van der Waals surface area contributed by atoms with Crippen LogP contribution >= 0.6 is 0 Å². The van der Waals surface area contributed by atoms with Crippen LogP contribution in [0, 0.1) is 0 Å². The molecule has 0 radical (unpaired) electrons. The molecule has 1 aliphatic heterocycles. The number of fused-ring (bicyclic) bond motifs is 2. The fourth-order valence-electron chi connectivity index (χ4n) is 4.47. The first kappa shape index (κ1) is 20.4. The molecule has 0 saturated carbocycles. The van der Waals surface area contributed by atoms with Gasteiger partial charge in [0.25, 0.3) is 0 Å². The molecule has 4 aromatic carbocycles. The molecule has 1 aliphatic rings. The molecule has 162 valence electrons. The zero-order valence-electron chi connectivity index (χ0n) is 18.5. The van der Waals surface area contributed by atoms with Gasteiger partial charge in [0.05, 0.1) is 19.3 Å². The van der Waals surface area contributed by atoms with Gasteiger partial charge in [-0.05, 0) is 47.5 Å². The molecular weight excluding hydrogens is 396 g/mol. The average Bonchev–Trinajstić information content (AvgIpc) is 2.86. The maximum atomic E-state index is 6.38. The zero-order valence-corrected chi connectivity index (χ0v) is 18.5. The summed E-state index contributed by atoms with van der Waals surface area (Å²) in [6.45, 7) is 3.73. The summed E-state index contributed by atoms with van der Waals surface area (Å²) in [5.74, 6) is 1.76. The Hall–Kier alpha value is -3.50. The fraction of sp³-hybridized carbons (Fsp3) is 0.214. The minimum absolute atomic E-state index is 0.0218. The Balaban J connectivity index is 1.36. The molecule has 1 heterocycles. The van der Waals surface area contributed by atoms with Crippen LogP contribution in [0.15, 0.2) is 91.0 Å². The number of nitrogens with zero attached hydrogens (tertiary/aromatic N) is 1. The predicted octanol–water partition coefficient (Wildman–Crippen LogP) is 6.10. The van der Waals surface area contributed by atoms with E-state index in [0.29, 0.717) is 0 Å². The highest BCUT2D eigenvalue weighted by Gasteiger charge is 2.27. The molecule has 4 nitrogen and oxygen atoms in total. The van der Waals surface area contributed by atoms with Gasteiger partial charge in [-0.2, -0.15) is 0 Å². The van der Waals surface area contributed by atoms with Crippen LogP contribution in [0.3, 0.4) is 0 Å². The smallest absolute Gasteiger partial charge is 0.143 e. The summed E-state index contributed by atoms with van der Waals surface area (Å²) in [6.07, 6.45) is 0.0218. The quantitative estimate of drug-likeness (QED) is 0.406. The summed E-state index contributed by atoms with van der Waals surface area (Å²) < 4.78 is 11.8. The molecule has 4 aromatic rings. The Bertz CT molecular complexity index is 1220. The van der Waals surface area contributed by atoms with Gasteiger partial charge in [-0.3, -0.25) is 0 Å². The van der Waals surface area contributed by atoms with Gasteiger partial charge < -0.3 is 19.7 Å². The molecule has 32 heavy (non-hydrogen) atoms. The molecule has 4 heteroatoms. The molecule has 0 bridgehead atoms. The van der Waals surface area contributed by atoms with Crippen LogP contribution < -0.4 is 19.7 Å². The largest absolute Gasteiger partial charge is 0.497 e. The highest BCUT2D eigenvalue weighted by Crippen LogP contribution is 2.39. The van der Waals surface area contributed by atoms with Crippen molar-refractivity contribution in [3.63, 3.8) is 0 Å². The lowest BCUT2D eigenvalue weighted by molar-refractivity contribution is 0.190. The van der Waals surface area contributed by atoms with E-state index in [2.05, 4.69) is 83.9 Å². The maximum Gasteiger partial charge on any atom is 0.143 e. The lowest BCUT2D eigenvalue weighted by Crippen LogP contribution is -2.44. The highest BCUT2D eigenvalue weighted by molar-refractivity contribution is 5.86. The lowest BCUT2D eigenvalue weighted by Gasteiger charge is -2.37. The van der Waals surface area contributed by atoms with Crippen molar-refractivity contribution in [2.45, 2.75) is 19.1 Å². The first-order chi connectivity index (χ1) is 15.7. The van der Waals surface area contributed by atoms with E-state index in [1.807, 2.05) is 24.3 Å². The van der Waals surface area contributed by atoms with Crippen LogP contribution in [0.4, 0.5) is 11.4 Å². The SMILES string of the molecule is COc1cccc(N2CC(CN[C@H](C)c3cccc4ccccc34)Oc3ccccc32)c1. The van der Waals surface area contributed by atoms with E-state index in [1.54, 1.807) is 7.11 Å². The molecule has 1 N–H and O–H groups in total. The Kier molecular flexibility index (Phi) is 5.70. The average molecular weight is 425 g/mol. The Morgan fingerprint density at radius 1 is 0.969 bits per heavy atom. The second kappa shape index (κ2) is 8.93. The normalized spacial score (nSPS) is 16.3. The van der Waals surface area contributed by atoms with Gasteiger partial charge in [-0.15, -0.1) is 0 Å². The fourth-order valence-corrected chi connectivity index (χ4v) is 4.47. The first-order valence-corrected chi connectivity index (χ1v) is 11.1. The van der Waals surface area contributed by atoms with E-state index in [9.17, 15) is 0 Å². The van der Waals surface area contributed by atoms with Crippen LogP contribution in [-0.2, 0) is 0 Å². The van der Waals surface area contributed by atoms with Crippen molar-refractivity contribution in [1.82, 2.24) is 5.32 Å². The molecule has 0 amide bonds. The first-order valence-electron chi connectivity index (χ1n) is 11.1. The van der Waals surface area contributed by atoms with Crippen molar-refractivity contribution in [2.24, 2.45) is 0 Å². The van der Waals surface area contributed by atoms with Gasteiger partial charge in [0, 0.05) is 24.3 Å². The van der Waals surface area contributed by atoms with Crippen LogP contribution in [0.5, 0.6) is 11.5 Å². The van der Waals surface area contributed by atoms with E-state index in [0.717, 1.165) is 36.0 Å². The zero-order chi connectivity index (χ0) is 21.9. The van der Waals surface area contributed by atoms with E-state index < -0.39 is 0 Å². The molecule has 0 aromatic heterocycles. The molecule has 2 atom stereocenters. The number of hydrogen-bond donors (Lipinski definition) is 1. The second-order valence-electron chi connectivity index (χ2n) is 8.22. The van der Waals surface area contributed by atoms with Crippen LogP contribution in [-0.4, -0.2) is 26.3 Å². The second-order valence-corrected chi connectivity index (χ2v) is 8.22. The summed E-state index contributed by atoms with van der Waals surface area (Å²) in [5, 5.41) is 6.27. The molecule has 5 rings (SSSR count). The third-order valence-electron chi connectivity index (χ3n) is 6.14. The molecule has 1 unspecified atom stereocenters. The van der Waals surface area contributed by atoms with Crippen molar-refractivity contribution >= 4 is 22.1 Å². The van der Waals surface area contributed by atoms with Crippen molar-refractivity contribution in [3.8, 4) is 11.5 Å². The number of methoxy groups -OCH3 is 1. The standard InChI is InChI=1S/C28H28N2O2/c1-20(25-14-7-10-21-9-3-4-13-26(21)25)29-18-24-19-30(22-11-8-12-23(17-22)31-2)27-15-5-6-16-28(27)32-24/h3-17,20,24,29H,18-19H2,1-2H3/t20-,24?/m1/s1. The van der Waals surface area contributed by atoms with Gasteiger partial charge in [0.2, 0.25) is 0 Å². The summed E-state index contributed by atoms with van der Waals surface area (Å²) in [4.78, 5) is 2.32. The van der Waals surface area contributed by atoms with Gasteiger partial charge in [0.15, 0.2) is 0 Å². The van der Waals surface area contributed by atoms with Crippen molar-refractivity contribution in [1.29, 1.82) is 0 Å². The number of para-hydroxylation sites is 2. The van der Waals surface area contributed by atoms with Crippen molar-refractivity contribution in [3.05, 3.63) is 96.6 Å². The van der Waals surface area contributed by atoms with Crippen LogP contribution in [0.1, 0.15) is 18.5 Å². The number of nitrogens with one attached hydrogen (secondary N) is 1. The summed E-state index contributed by atoms with van der Waals surface area (Å²) >= 11 is 0. The predicted molar refractivity (Wildman–Crippen MR) is 131 cm³/mol. The lowest BCUT2D eigenvalue weighted by atomic mass is 9.99. The topological polar surface area (TPSA) is 33.7 Å². The third-order valence-corrected chi connectivity index (χ3v) is 6.14. The number of benzene rings is 4. The van der Waals surface area contributed by atoms with Gasteiger partial charge >= 0.3 is 0 Å². The van der Waals surface area contributed by atoms with E-state index >= 15 is 0 Å². The number of ether oxygens (including phenoxy) is 2. The summed E-state index contributed by atoms with van der Waals surface area (Å²) in [6, 6.07) is 31.7. The van der Waals surface area contributed by atoms with E-state index in [-0.39, 0.29) is 12.1 Å². The molecule has 0 fully saturated rings. The highest BCUT2D eigenvalue weighted by atomic mass is 16.5. The van der Waals surface area contributed by atoms with Crippen molar-refractivity contribution < 1.29 is 9.47 Å². The van der Waals surface area contributed by atoms with E-state index in [1.165, 1.54) is 16.3 Å². The molecule has 0 spiro atoms. The van der Waals surface area contributed by atoms with Gasteiger partial charge in [-0.1, -0.05) is 60.7 Å². The monoisotopic (exact) mass is 424 g/mol. The van der Waals surface area contributed by atoms with Crippen molar-refractivity contribution in [2.75, 3.05) is 25.1 Å². The Morgan fingerprint density at radius 2 is 1.75 bits per heavy atom. The number of anilines is 2. The van der Waals surface area contributed by atoms with Gasteiger partial charge in [0.1, 0.15) is 17.6 Å². The summed E-state index contributed by atoms with van der Waals surface area (Å²) in [5.41, 5.74) is 3.50. The minimum Gasteiger partial charge on any atom is -0.497 e. The molecule has 0 aliphatic carbocycles. The Morgan fingerprint density at radius 3 is 2.66 bits per heavy atom. The third kappa shape index (κ3) is 4.02. The maximum absolute atomic E-state index is 6.38. The van der Waals surface area contributed by atoms with Crippen LogP contribution in [0.2, 0.25) is 0 Å². The number of hydrogen-bond acceptors (Lipinski definition) is 4. The summed E-state index contributed by atoms with van der Waals surface area (Å²) in [7, 11) is 1.70.